The average Bonchev–Trinajstić information content (AvgIpc) is 2.41. The van der Waals surface area contributed by atoms with Gasteiger partial charge in [-0.1, -0.05) is 6.92 Å². The molecule has 0 unspecified atom stereocenters. The summed E-state index contributed by atoms with van der Waals surface area (Å²) < 4.78 is 13.8. The van der Waals surface area contributed by atoms with Crippen LogP contribution in [0.5, 0.6) is 0 Å². The molecular weight excluding hydrogens is 259 g/mol. The van der Waals surface area contributed by atoms with Crippen molar-refractivity contribution in [3.05, 3.63) is 29.6 Å². The van der Waals surface area contributed by atoms with Gasteiger partial charge in [-0.05, 0) is 56.6 Å². The molecule has 0 radical (unpaired) electrons. The molecule has 1 heterocycles. The minimum Gasteiger partial charge on any atom is -0.478 e. The number of benzene rings is 1. The fraction of sp³-hybridized carbons (Fsp3) is 0.533. The molecule has 1 aromatic carbocycles. The Morgan fingerprint density at radius 3 is 2.65 bits per heavy atom. The fourth-order valence-corrected chi connectivity index (χ4v) is 2.44. The number of anilines is 1. The molecule has 4 nitrogen and oxygen atoms in total. The van der Waals surface area contributed by atoms with Gasteiger partial charge in [-0.15, -0.1) is 0 Å². The van der Waals surface area contributed by atoms with Gasteiger partial charge in [-0.2, -0.15) is 0 Å². The number of likely N-dealkylation sites (tertiary alicyclic amines) is 1. The lowest BCUT2D eigenvalue weighted by Gasteiger charge is -2.38. The second-order valence-corrected chi connectivity index (χ2v) is 5.97. The number of aromatic carboxylic acids is 1. The Morgan fingerprint density at radius 2 is 2.10 bits per heavy atom. The zero-order chi connectivity index (χ0) is 14.8. The summed E-state index contributed by atoms with van der Waals surface area (Å²) in [7, 11) is 2.11. The normalized spacial score (nSPS) is 18.8. The SMILES string of the molecule is CN1CCC(C)(CNc2ccc(C(=O)O)cc2F)CC1. The highest BCUT2D eigenvalue weighted by molar-refractivity contribution is 5.88. The Bertz CT molecular complexity index is 497. The van der Waals surface area contributed by atoms with E-state index in [-0.39, 0.29) is 11.0 Å². The Labute approximate surface area is 118 Å². The highest BCUT2D eigenvalue weighted by atomic mass is 19.1. The molecule has 0 atom stereocenters. The van der Waals surface area contributed by atoms with Crippen molar-refractivity contribution in [1.29, 1.82) is 0 Å². The molecule has 1 fully saturated rings. The second-order valence-electron chi connectivity index (χ2n) is 5.97. The number of carboxylic acids is 1. The molecule has 110 valence electrons. The number of nitrogens with zero attached hydrogens (tertiary/aromatic N) is 1. The smallest absolute Gasteiger partial charge is 0.335 e. The maximum absolute atomic E-state index is 13.8. The van der Waals surface area contributed by atoms with Crippen LogP contribution < -0.4 is 5.32 Å². The van der Waals surface area contributed by atoms with Crippen LogP contribution in [0, 0.1) is 11.2 Å². The van der Waals surface area contributed by atoms with Gasteiger partial charge in [0.25, 0.3) is 0 Å². The summed E-state index contributed by atoms with van der Waals surface area (Å²) >= 11 is 0. The van der Waals surface area contributed by atoms with Crippen LogP contribution in [0.2, 0.25) is 0 Å². The molecule has 0 aliphatic carbocycles. The van der Waals surface area contributed by atoms with Crippen LogP contribution in [0.15, 0.2) is 18.2 Å². The maximum Gasteiger partial charge on any atom is 0.335 e. The number of hydrogen-bond acceptors (Lipinski definition) is 3. The molecule has 1 aliphatic rings. The number of halogens is 1. The first-order chi connectivity index (χ1) is 9.39. The van der Waals surface area contributed by atoms with Gasteiger partial charge in [0.05, 0.1) is 11.3 Å². The van der Waals surface area contributed by atoms with E-state index in [4.69, 9.17) is 5.11 Å². The van der Waals surface area contributed by atoms with Gasteiger partial charge in [0, 0.05) is 6.54 Å². The summed E-state index contributed by atoms with van der Waals surface area (Å²) in [6.45, 7) is 5.01. The molecule has 1 aromatic rings. The van der Waals surface area contributed by atoms with Gasteiger partial charge < -0.3 is 15.3 Å². The van der Waals surface area contributed by atoms with Gasteiger partial charge >= 0.3 is 5.97 Å². The summed E-state index contributed by atoms with van der Waals surface area (Å²) in [5.41, 5.74) is 0.499. The monoisotopic (exact) mass is 280 g/mol. The van der Waals surface area contributed by atoms with Crippen molar-refractivity contribution in [2.45, 2.75) is 19.8 Å². The average molecular weight is 280 g/mol. The Morgan fingerprint density at radius 1 is 1.45 bits per heavy atom. The number of carbonyl (C=O) groups is 1. The topological polar surface area (TPSA) is 52.6 Å². The van der Waals surface area contributed by atoms with Crippen molar-refractivity contribution in [1.82, 2.24) is 4.90 Å². The number of hydrogen-bond donors (Lipinski definition) is 2. The van der Waals surface area contributed by atoms with E-state index < -0.39 is 11.8 Å². The first-order valence-electron chi connectivity index (χ1n) is 6.85. The van der Waals surface area contributed by atoms with E-state index in [1.54, 1.807) is 0 Å². The van der Waals surface area contributed by atoms with E-state index in [9.17, 15) is 9.18 Å². The third-order valence-electron chi connectivity index (χ3n) is 4.12. The maximum atomic E-state index is 13.8. The molecule has 0 bridgehead atoms. The largest absolute Gasteiger partial charge is 0.478 e. The molecule has 2 N–H and O–H groups in total. The molecule has 0 saturated carbocycles. The number of nitrogens with one attached hydrogen (secondary N) is 1. The van der Waals surface area contributed by atoms with Crippen LogP contribution in [0.25, 0.3) is 0 Å². The summed E-state index contributed by atoms with van der Waals surface area (Å²) in [5, 5.41) is 11.9. The molecule has 1 saturated heterocycles. The predicted octanol–water partition coefficient (Wildman–Crippen LogP) is 2.67. The van der Waals surface area contributed by atoms with E-state index in [0.717, 1.165) is 32.0 Å². The van der Waals surface area contributed by atoms with E-state index in [1.807, 2.05) is 0 Å². The first kappa shape index (κ1) is 14.8. The Balaban J connectivity index is 1.99. The molecule has 20 heavy (non-hydrogen) atoms. The molecular formula is C15H21FN2O2. The van der Waals surface area contributed by atoms with Gasteiger partial charge in [0.15, 0.2) is 0 Å². The fourth-order valence-electron chi connectivity index (χ4n) is 2.44. The van der Waals surface area contributed by atoms with Gasteiger partial charge in [0.2, 0.25) is 0 Å². The van der Waals surface area contributed by atoms with Crippen molar-refractivity contribution >= 4 is 11.7 Å². The van der Waals surface area contributed by atoms with Crippen molar-refractivity contribution in [3.63, 3.8) is 0 Å². The number of piperidine rings is 1. The van der Waals surface area contributed by atoms with E-state index in [1.165, 1.54) is 12.1 Å². The predicted molar refractivity (Wildman–Crippen MR) is 76.7 cm³/mol. The van der Waals surface area contributed by atoms with Gasteiger partial charge in [-0.25, -0.2) is 9.18 Å². The van der Waals surface area contributed by atoms with E-state index in [0.29, 0.717) is 12.2 Å². The standard InChI is InChI=1S/C15H21FN2O2/c1-15(5-7-18(2)8-6-15)10-17-13-4-3-11(14(19)20)9-12(13)16/h3-4,9,17H,5-8,10H2,1-2H3,(H,19,20). The Hall–Kier alpha value is -1.62. The lowest BCUT2D eigenvalue weighted by molar-refractivity contribution is 0.0696. The third kappa shape index (κ3) is 3.48. The lowest BCUT2D eigenvalue weighted by Crippen LogP contribution is -2.40. The zero-order valence-electron chi connectivity index (χ0n) is 11.9. The lowest BCUT2D eigenvalue weighted by atomic mass is 9.80. The summed E-state index contributed by atoms with van der Waals surface area (Å²) in [6.07, 6.45) is 2.15. The second kappa shape index (κ2) is 5.79. The van der Waals surface area contributed by atoms with Crippen molar-refractivity contribution in [3.8, 4) is 0 Å². The number of carboxylic acid groups (broad SMARTS) is 1. The minimum absolute atomic E-state index is 0.0291. The van der Waals surface area contributed by atoms with Gasteiger partial charge in [0.1, 0.15) is 5.82 Å². The quantitative estimate of drug-likeness (QED) is 0.890. The first-order valence-corrected chi connectivity index (χ1v) is 6.85. The molecule has 0 aromatic heterocycles. The van der Waals surface area contributed by atoms with Crippen LogP contribution in [-0.2, 0) is 0 Å². The van der Waals surface area contributed by atoms with Crippen molar-refractivity contribution < 1.29 is 14.3 Å². The molecule has 5 heteroatoms. The molecule has 0 amide bonds. The zero-order valence-corrected chi connectivity index (χ0v) is 11.9. The van der Waals surface area contributed by atoms with Crippen LogP contribution in [0.4, 0.5) is 10.1 Å². The molecule has 0 spiro atoms. The van der Waals surface area contributed by atoms with E-state index >= 15 is 0 Å². The van der Waals surface area contributed by atoms with Crippen LogP contribution in [0.1, 0.15) is 30.1 Å². The van der Waals surface area contributed by atoms with Crippen molar-refractivity contribution in [2.75, 3.05) is 32.0 Å². The van der Waals surface area contributed by atoms with Crippen LogP contribution >= 0.6 is 0 Å². The van der Waals surface area contributed by atoms with E-state index in [2.05, 4.69) is 24.2 Å². The van der Waals surface area contributed by atoms with Crippen LogP contribution in [-0.4, -0.2) is 42.7 Å². The molecule has 2 rings (SSSR count). The summed E-state index contributed by atoms with van der Waals surface area (Å²) in [6, 6.07) is 3.98. The highest BCUT2D eigenvalue weighted by Crippen LogP contribution is 2.31. The minimum atomic E-state index is -1.11. The third-order valence-corrected chi connectivity index (χ3v) is 4.12. The highest BCUT2D eigenvalue weighted by Gasteiger charge is 2.28. The van der Waals surface area contributed by atoms with Gasteiger partial charge in [-0.3, -0.25) is 0 Å². The summed E-state index contributed by atoms with van der Waals surface area (Å²) in [4.78, 5) is 13.1. The Kier molecular flexibility index (Phi) is 4.28. The van der Waals surface area contributed by atoms with Crippen LogP contribution in [0.3, 0.4) is 0 Å². The summed E-state index contributed by atoms with van der Waals surface area (Å²) in [5.74, 6) is -1.63. The molecule has 1 aliphatic heterocycles. The van der Waals surface area contributed by atoms with Crippen molar-refractivity contribution in [2.24, 2.45) is 5.41 Å². The number of rotatable bonds is 4.